The highest BCUT2D eigenvalue weighted by Crippen LogP contribution is 2.23. The summed E-state index contributed by atoms with van der Waals surface area (Å²) in [5, 5.41) is 0. The molecule has 2 aromatic heterocycles. The van der Waals surface area contributed by atoms with Gasteiger partial charge in [0.2, 0.25) is 0 Å². The topological polar surface area (TPSA) is 53.2 Å². The molecule has 28 heavy (non-hydrogen) atoms. The molecule has 146 valence electrons. The summed E-state index contributed by atoms with van der Waals surface area (Å²) in [4.78, 5) is 25.3. The molecule has 3 aromatic rings. The van der Waals surface area contributed by atoms with Crippen molar-refractivity contribution in [3.8, 4) is 5.75 Å². The number of hydrogen-bond acceptors (Lipinski definition) is 3. The number of Topliss-reactive ketones (excluding diaryl/α,β-unsaturated/α-hetero) is 1. The SMILES string of the molecule is COc1cccc(Cn2c(C)cc(C(=O)C(C)n3cc(Br)ccc3=O)c2C)c1. The summed E-state index contributed by atoms with van der Waals surface area (Å²) in [6, 6.07) is 12.3. The van der Waals surface area contributed by atoms with Gasteiger partial charge in [0.05, 0.1) is 13.2 Å². The molecule has 0 aliphatic carbocycles. The van der Waals surface area contributed by atoms with Gasteiger partial charge in [0, 0.05) is 40.2 Å². The van der Waals surface area contributed by atoms with Crippen LogP contribution >= 0.6 is 15.9 Å². The number of benzene rings is 1. The average Bonchev–Trinajstić information content (AvgIpc) is 2.97. The minimum Gasteiger partial charge on any atom is -0.497 e. The molecule has 5 nitrogen and oxygen atoms in total. The molecular weight excluding hydrogens is 420 g/mol. The summed E-state index contributed by atoms with van der Waals surface area (Å²) in [5.74, 6) is 0.726. The van der Waals surface area contributed by atoms with Crippen molar-refractivity contribution in [2.24, 2.45) is 0 Å². The lowest BCUT2D eigenvalue weighted by Crippen LogP contribution is -2.27. The maximum atomic E-state index is 13.1. The Kier molecular flexibility index (Phi) is 5.89. The largest absolute Gasteiger partial charge is 0.497 e. The van der Waals surface area contributed by atoms with Gasteiger partial charge in [-0.1, -0.05) is 12.1 Å². The highest BCUT2D eigenvalue weighted by molar-refractivity contribution is 9.10. The Balaban J connectivity index is 1.93. The van der Waals surface area contributed by atoms with E-state index in [0.29, 0.717) is 12.1 Å². The first kappa shape index (κ1) is 20.1. The van der Waals surface area contributed by atoms with Crippen LogP contribution in [0.5, 0.6) is 5.75 Å². The molecule has 0 radical (unpaired) electrons. The molecule has 0 aliphatic heterocycles. The highest BCUT2D eigenvalue weighted by Gasteiger charge is 2.23. The zero-order valence-electron chi connectivity index (χ0n) is 16.4. The van der Waals surface area contributed by atoms with E-state index in [4.69, 9.17) is 4.74 Å². The van der Waals surface area contributed by atoms with Crippen LogP contribution in [0.25, 0.3) is 0 Å². The molecule has 0 N–H and O–H groups in total. The number of hydrogen-bond donors (Lipinski definition) is 0. The van der Waals surface area contributed by atoms with Crippen LogP contribution in [0.3, 0.4) is 0 Å². The van der Waals surface area contributed by atoms with Gasteiger partial charge >= 0.3 is 0 Å². The van der Waals surface area contributed by atoms with Crippen LogP contribution in [0.1, 0.15) is 40.3 Å². The molecule has 0 saturated carbocycles. The predicted octanol–water partition coefficient (Wildman–Crippen LogP) is 4.53. The molecule has 1 aromatic carbocycles. The van der Waals surface area contributed by atoms with Crippen molar-refractivity contribution in [1.29, 1.82) is 0 Å². The highest BCUT2D eigenvalue weighted by atomic mass is 79.9. The molecule has 2 heterocycles. The second-order valence-electron chi connectivity index (χ2n) is 6.86. The third kappa shape index (κ3) is 3.97. The Bertz CT molecular complexity index is 1080. The second kappa shape index (κ2) is 8.19. The fraction of sp³-hybridized carbons (Fsp3) is 0.273. The van der Waals surface area contributed by atoms with E-state index in [2.05, 4.69) is 20.5 Å². The third-order valence-corrected chi connectivity index (χ3v) is 5.48. The van der Waals surface area contributed by atoms with Crippen LogP contribution in [0.2, 0.25) is 0 Å². The Hall–Kier alpha value is -2.60. The normalized spacial score (nSPS) is 12.0. The van der Waals surface area contributed by atoms with Gasteiger partial charge in [-0.25, -0.2) is 0 Å². The van der Waals surface area contributed by atoms with E-state index < -0.39 is 6.04 Å². The number of carbonyl (C=O) groups excluding carboxylic acids is 1. The molecule has 0 aliphatic rings. The van der Waals surface area contributed by atoms with E-state index in [1.54, 1.807) is 26.3 Å². The van der Waals surface area contributed by atoms with E-state index in [1.165, 1.54) is 10.6 Å². The number of rotatable bonds is 6. The summed E-state index contributed by atoms with van der Waals surface area (Å²) in [6.07, 6.45) is 1.65. The van der Waals surface area contributed by atoms with Crippen LogP contribution in [-0.2, 0) is 6.54 Å². The zero-order valence-corrected chi connectivity index (χ0v) is 18.0. The Morgan fingerprint density at radius 3 is 2.64 bits per heavy atom. The van der Waals surface area contributed by atoms with Crippen LogP contribution in [0.4, 0.5) is 0 Å². The first-order valence-electron chi connectivity index (χ1n) is 9.03. The first-order valence-corrected chi connectivity index (χ1v) is 9.82. The molecule has 1 atom stereocenters. The minimum absolute atomic E-state index is 0.0785. The molecule has 0 saturated heterocycles. The van der Waals surface area contributed by atoms with Crippen molar-refractivity contribution in [3.05, 3.63) is 86.0 Å². The fourth-order valence-electron chi connectivity index (χ4n) is 3.38. The van der Waals surface area contributed by atoms with Crippen molar-refractivity contribution < 1.29 is 9.53 Å². The molecule has 6 heteroatoms. The van der Waals surface area contributed by atoms with Crippen molar-refractivity contribution in [3.63, 3.8) is 0 Å². The van der Waals surface area contributed by atoms with Gasteiger partial charge in [0.25, 0.3) is 5.56 Å². The maximum Gasteiger partial charge on any atom is 0.251 e. The number of ether oxygens (including phenoxy) is 1. The number of aromatic nitrogens is 2. The number of carbonyl (C=O) groups is 1. The zero-order chi connectivity index (χ0) is 20.4. The fourth-order valence-corrected chi connectivity index (χ4v) is 3.73. The van der Waals surface area contributed by atoms with Gasteiger partial charge in [-0.3, -0.25) is 9.59 Å². The van der Waals surface area contributed by atoms with E-state index in [-0.39, 0.29) is 11.3 Å². The predicted molar refractivity (Wildman–Crippen MR) is 113 cm³/mol. The summed E-state index contributed by atoms with van der Waals surface area (Å²) >= 11 is 3.36. The molecule has 0 amide bonds. The van der Waals surface area contributed by atoms with Crippen LogP contribution in [0, 0.1) is 13.8 Å². The summed E-state index contributed by atoms with van der Waals surface area (Å²) < 4.78 is 9.63. The number of aryl methyl sites for hydroxylation is 1. The summed E-state index contributed by atoms with van der Waals surface area (Å²) in [7, 11) is 1.65. The number of nitrogens with zero attached hydrogens (tertiary/aromatic N) is 2. The van der Waals surface area contributed by atoms with Gasteiger partial charge in [-0.05, 0) is 66.5 Å². The summed E-state index contributed by atoms with van der Waals surface area (Å²) in [6.45, 7) is 6.33. The van der Waals surface area contributed by atoms with Crippen molar-refractivity contribution in [1.82, 2.24) is 9.13 Å². The molecule has 0 spiro atoms. The number of halogens is 1. The maximum absolute atomic E-state index is 13.1. The van der Waals surface area contributed by atoms with Crippen molar-refractivity contribution in [2.45, 2.75) is 33.4 Å². The van der Waals surface area contributed by atoms with Gasteiger partial charge < -0.3 is 13.9 Å². The van der Waals surface area contributed by atoms with Crippen LogP contribution in [-0.4, -0.2) is 22.0 Å². The van der Waals surface area contributed by atoms with Gasteiger partial charge in [0.1, 0.15) is 5.75 Å². The van der Waals surface area contributed by atoms with Crippen LogP contribution in [0.15, 0.2) is 57.9 Å². The minimum atomic E-state index is -0.587. The van der Waals surface area contributed by atoms with E-state index in [1.807, 2.05) is 44.2 Å². The lowest BCUT2D eigenvalue weighted by molar-refractivity contribution is 0.0932. The van der Waals surface area contributed by atoms with Gasteiger partial charge in [-0.15, -0.1) is 0 Å². The van der Waals surface area contributed by atoms with Crippen molar-refractivity contribution >= 4 is 21.7 Å². The molecular formula is C22H23BrN2O3. The van der Waals surface area contributed by atoms with E-state index >= 15 is 0 Å². The first-order chi connectivity index (χ1) is 13.3. The smallest absolute Gasteiger partial charge is 0.251 e. The standard InChI is InChI=1S/C22H23BrN2O3/c1-14-10-20(22(27)16(3)25-13-18(23)8-9-21(25)26)15(2)24(14)12-17-6-5-7-19(11-17)28-4/h5-11,13,16H,12H2,1-4H3. The lowest BCUT2D eigenvalue weighted by atomic mass is 10.1. The number of ketones is 1. The van der Waals surface area contributed by atoms with Crippen molar-refractivity contribution in [2.75, 3.05) is 7.11 Å². The quantitative estimate of drug-likeness (QED) is 0.526. The number of pyridine rings is 1. The van der Waals surface area contributed by atoms with E-state index in [0.717, 1.165) is 27.2 Å². The molecule has 0 bridgehead atoms. The Morgan fingerprint density at radius 1 is 1.18 bits per heavy atom. The summed E-state index contributed by atoms with van der Waals surface area (Å²) in [5.41, 5.74) is 3.42. The average molecular weight is 443 g/mol. The van der Waals surface area contributed by atoms with Crippen LogP contribution < -0.4 is 10.3 Å². The Morgan fingerprint density at radius 2 is 1.93 bits per heavy atom. The molecule has 1 unspecified atom stereocenters. The van der Waals surface area contributed by atoms with Gasteiger partial charge in [0.15, 0.2) is 5.78 Å². The molecule has 0 fully saturated rings. The lowest BCUT2D eigenvalue weighted by Gasteiger charge is -2.15. The van der Waals surface area contributed by atoms with Gasteiger partial charge in [-0.2, -0.15) is 0 Å². The number of methoxy groups -OCH3 is 1. The molecule has 3 rings (SSSR count). The van der Waals surface area contributed by atoms with E-state index in [9.17, 15) is 9.59 Å². The Labute approximate surface area is 172 Å². The third-order valence-electron chi connectivity index (χ3n) is 5.01. The monoisotopic (exact) mass is 442 g/mol. The second-order valence-corrected chi connectivity index (χ2v) is 7.77.